The lowest BCUT2D eigenvalue weighted by Crippen LogP contribution is -2.28. The Balaban J connectivity index is 1.88. The molecular formula is C19H23F2N3O3S. The largest absolute Gasteiger partial charge is 0.433 e. The standard InChI is InChI=1S/C19H23F2N3O3S/c1-14-7-8-15(13-16(14)24-11-4-9-22-10-12-24)23-28(25,26)18-6-3-2-5-17(18)27-19(20)21/h2-3,5-8,13,19,22-23H,4,9-12H2,1H3. The van der Waals surface area contributed by atoms with Gasteiger partial charge in [0.15, 0.2) is 0 Å². The Hall–Kier alpha value is -2.39. The first-order valence-corrected chi connectivity index (χ1v) is 10.5. The van der Waals surface area contributed by atoms with Gasteiger partial charge in [-0.2, -0.15) is 8.78 Å². The number of rotatable bonds is 6. The van der Waals surface area contributed by atoms with Gasteiger partial charge in [-0.1, -0.05) is 18.2 Å². The second-order valence-electron chi connectivity index (χ2n) is 6.52. The highest BCUT2D eigenvalue weighted by atomic mass is 32.2. The van der Waals surface area contributed by atoms with Crippen molar-refractivity contribution in [1.29, 1.82) is 0 Å². The summed E-state index contributed by atoms with van der Waals surface area (Å²) in [6, 6.07) is 10.6. The fourth-order valence-electron chi connectivity index (χ4n) is 3.18. The molecule has 1 heterocycles. The van der Waals surface area contributed by atoms with Crippen LogP contribution in [-0.2, 0) is 10.0 Å². The van der Waals surface area contributed by atoms with Crippen molar-refractivity contribution in [2.24, 2.45) is 0 Å². The zero-order chi connectivity index (χ0) is 20.1. The Morgan fingerprint density at radius 1 is 1.14 bits per heavy atom. The number of nitrogens with zero attached hydrogens (tertiary/aromatic N) is 1. The van der Waals surface area contributed by atoms with Crippen LogP contribution in [0.2, 0.25) is 0 Å². The van der Waals surface area contributed by atoms with Crippen molar-refractivity contribution in [3.63, 3.8) is 0 Å². The third kappa shape index (κ3) is 4.90. The van der Waals surface area contributed by atoms with Gasteiger partial charge in [0.05, 0.1) is 5.69 Å². The van der Waals surface area contributed by atoms with E-state index in [2.05, 4.69) is 19.7 Å². The molecule has 0 amide bonds. The number of halogens is 2. The molecule has 0 aromatic heterocycles. The van der Waals surface area contributed by atoms with Crippen molar-refractivity contribution in [3.05, 3.63) is 48.0 Å². The molecule has 2 aromatic rings. The Bertz CT molecular complexity index is 914. The molecule has 6 nitrogen and oxygen atoms in total. The van der Waals surface area contributed by atoms with Crippen LogP contribution in [0.5, 0.6) is 5.75 Å². The third-order valence-corrected chi connectivity index (χ3v) is 5.92. The number of hydrogen-bond acceptors (Lipinski definition) is 5. The van der Waals surface area contributed by atoms with E-state index >= 15 is 0 Å². The molecular weight excluding hydrogens is 388 g/mol. The Kier molecular flexibility index (Phi) is 6.35. The van der Waals surface area contributed by atoms with Gasteiger partial charge in [-0.05, 0) is 49.7 Å². The molecule has 1 aliphatic rings. The van der Waals surface area contributed by atoms with Gasteiger partial charge in [0, 0.05) is 25.3 Å². The molecule has 9 heteroatoms. The summed E-state index contributed by atoms with van der Waals surface area (Å²) >= 11 is 0. The molecule has 152 valence electrons. The van der Waals surface area contributed by atoms with E-state index in [0.717, 1.165) is 43.9 Å². The van der Waals surface area contributed by atoms with Crippen LogP contribution in [-0.4, -0.2) is 41.2 Å². The molecule has 0 bridgehead atoms. The maximum Gasteiger partial charge on any atom is 0.387 e. The van der Waals surface area contributed by atoms with Crippen molar-refractivity contribution >= 4 is 21.4 Å². The predicted molar refractivity (Wildman–Crippen MR) is 105 cm³/mol. The summed E-state index contributed by atoms with van der Waals surface area (Å²) in [5.41, 5.74) is 2.34. The highest BCUT2D eigenvalue weighted by Gasteiger charge is 2.22. The lowest BCUT2D eigenvalue weighted by molar-refractivity contribution is -0.0517. The molecule has 0 saturated carbocycles. The molecule has 28 heavy (non-hydrogen) atoms. The van der Waals surface area contributed by atoms with Gasteiger partial charge in [-0.3, -0.25) is 4.72 Å². The fraction of sp³-hybridized carbons (Fsp3) is 0.368. The predicted octanol–water partition coefficient (Wildman–Crippen LogP) is 3.20. The molecule has 1 aliphatic heterocycles. The first-order chi connectivity index (χ1) is 13.4. The second kappa shape index (κ2) is 8.74. The quantitative estimate of drug-likeness (QED) is 0.764. The molecule has 0 radical (unpaired) electrons. The van der Waals surface area contributed by atoms with Crippen LogP contribution < -0.4 is 19.7 Å². The number of para-hydroxylation sites is 1. The molecule has 2 N–H and O–H groups in total. The summed E-state index contributed by atoms with van der Waals surface area (Å²) in [4.78, 5) is 1.87. The van der Waals surface area contributed by atoms with Crippen molar-refractivity contribution in [2.75, 3.05) is 35.8 Å². The number of ether oxygens (including phenoxy) is 1. The van der Waals surface area contributed by atoms with Crippen LogP contribution in [0.1, 0.15) is 12.0 Å². The van der Waals surface area contributed by atoms with E-state index in [4.69, 9.17) is 0 Å². The van der Waals surface area contributed by atoms with Crippen molar-refractivity contribution in [1.82, 2.24) is 5.32 Å². The molecule has 0 atom stereocenters. The molecule has 1 saturated heterocycles. The molecule has 2 aromatic carbocycles. The summed E-state index contributed by atoms with van der Waals surface area (Å²) in [6.07, 6.45) is 0.994. The van der Waals surface area contributed by atoms with E-state index in [9.17, 15) is 17.2 Å². The van der Waals surface area contributed by atoms with Gasteiger partial charge in [-0.15, -0.1) is 0 Å². The number of anilines is 2. The zero-order valence-electron chi connectivity index (χ0n) is 15.5. The van der Waals surface area contributed by atoms with Gasteiger partial charge in [0.1, 0.15) is 10.6 Å². The number of benzene rings is 2. The summed E-state index contributed by atoms with van der Waals surface area (Å²) in [7, 11) is -4.10. The highest BCUT2D eigenvalue weighted by molar-refractivity contribution is 7.92. The second-order valence-corrected chi connectivity index (χ2v) is 8.17. The number of aryl methyl sites for hydroxylation is 1. The van der Waals surface area contributed by atoms with Crippen LogP contribution >= 0.6 is 0 Å². The van der Waals surface area contributed by atoms with Crippen LogP contribution in [0.4, 0.5) is 20.2 Å². The fourth-order valence-corrected chi connectivity index (χ4v) is 4.36. The Labute approximate surface area is 163 Å². The van der Waals surface area contributed by atoms with Crippen molar-refractivity contribution in [3.8, 4) is 5.75 Å². The average molecular weight is 411 g/mol. The Morgan fingerprint density at radius 3 is 2.71 bits per heavy atom. The van der Waals surface area contributed by atoms with E-state index in [1.807, 2.05) is 13.0 Å². The number of alkyl halides is 2. The summed E-state index contributed by atoms with van der Waals surface area (Å²) in [5, 5.41) is 3.33. The average Bonchev–Trinajstić information content (AvgIpc) is 2.92. The van der Waals surface area contributed by atoms with Crippen LogP contribution in [0, 0.1) is 6.92 Å². The van der Waals surface area contributed by atoms with Crippen molar-refractivity contribution in [2.45, 2.75) is 24.9 Å². The first-order valence-electron chi connectivity index (χ1n) is 9.00. The molecule has 0 aliphatic carbocycles. The van der Waals surface area contributed by atoms with E-state index in [-0.39, 0.29) is 4.90 Å². The van der Waals surface area contributed by atoms with Gasteiger partial charge < -0.3 is 15.0 Å². The monoisotopic (exact) mass is 411 g/mol. The summed E-state index contributed by atoms with van der Waals surface area (Å²) < 4.78 is 57.6. The van der Waals surface area contributed by atoms with Crippen LogP contribution in [0.15, 0.2) is 47.4 Å². The lowest BCUT2D eigenvalue weighted by atomic mass is 10.1. The number of sulfonamides is 1. The minimum atomic E-state index is -4.10. The van der Waals surface area contributed by atoms with Gasteiger partial charge in [-0.25, -0.2) is 8.42 Å². The van der Waals surface area contributed by atoms with E-state index in [0.29, 0.717) is 5.69 Å². The van der Waals surface area contributed by atoms with E-state index < -0.39 is 22.4 Å². The molecule has 0 spiro atoms. The van der Waals surface area contributed by atoms with Gasteiger partial charge in [0.25, 0.3) is 10.0 Å². The first kappa shape index (κ1) is 20.3. The van der Waals surface area contributed by atoms with Gasteiger partial charge >= 0.3 is 6.61 Å². The maximum absolute atomic E-state index is 12.8. The Morgan fingerprint density at radius 2 is 1.93 bits per heavy atom. The number of nitrogens with one attached hydrogen (secondary N) is 2. The summed E-state index contributed by atoms with van der Waals surface area (Å²) in [5.74, 6) is -0.393. The minimum Gasteiger partial charge on any atom is -0.433 e. The molecule has 1 fully saturated rings. The highest BCUT2D eigenvalue weighted by Crippen LogP contribution is 2.29. The minimum absolute atomic E-state index is 0.337. The third-order valence-electron chi connectivity index (χ3n) is 4.50. The normalized spacial score (nSPS) is 15.4. The molecule has 3 rings (SSSR count). The topological polar surface area (TPSA) is 70.7 Å². The summed E-state index contributed by atoms with van der Waals surface area (Å²) in [6.45, 7) is 2.35. The number of hydrogen-bond donors (Lipinski definition) is 2. The zero-order valence-corrected chi connectivity index (χ0v) is 16.3. The van der Waals surface area contributed by atoms with Crippen LogP contribution in [0.25, 0.3) is 0 Å². The lowest BCUT2D eigenvalue weighted by Gasteiger charge is -2.25. The van der Waals surface area contributed by atoms with Crippen LogP contribution in [0.3, 0.4) is 0 Å². The smallest absolute Gasteiger partial charge is 0.387 e. The SMILES string of the molecule is Cc1ccc(NS(=O)(=O)c2ccccc2OC(F)F)cc1N1CCCNCC1. The molecule has 0 unspecified atom stereocenters. The maximum atomic E-state index is 12.8. The van der Waals surface area contributed by atoms with Gasteiger partial charge in [0.2, 0.25) is 0 Å². The van der Waals surface area contributed by atoms with Crippen molar-refractivity contribution < 1.29 is 21.9 Å². The van der Waals surface area contributed by atoms with E-state index in [1.165, 1.54) is 24.3 Å². The van der Waals surface area contributed by atoms with E-state index in [1.54, 1.807) is 12.1 Å².